The molecule has 102 valence electrons. The van der Waals surface area contributed by atoms with Crippen LogP contribution >= 0.6 is 0 Å². The molecule has 0 aliphatic carbocycles. The van der Waals surface area contributed by atoms with Gasteiger partial charge in [0.2, 0.25) is 0 Å². The van der Waals surface area contributed by atoms with E-state index in [1.165, 1.54) is 0 Å². The fourth-order valence-electron chi connectivity index (χ4n) is 1.79. The van der Waals surface area contributed by atoms with E-state index >= 15 is 0 Å². The number of nitro benzene ring substituents is 2. The van der Waals surface area contributed by atoms with Crippen LogP contribution in [0.15, 0.2) is 12.1 Å². The van der Waals surface area contributed by atoms with Gasteiger partial charge in [0.25, 0.3) is 11.4 Å². The first-order chi connectivity index (χ1) is 8.75. The minimum atomic E-state index is -1.48. The number of benzene rings is 1. The molecular formula is C11H12N2O6. The molecule has 8 heteroatoms. The number of nitrogens with zero attached hydrogens (tertiary/aromatic N) is 2. The Kier molecular flexibility index (Phi) is 4.15. The Morgan fingerprint density at radius 3 is 2.21 bits per heavy atom. The lowest BCUT2D eigenvalue weighted by Gasteiger charge is -2.08. The zero-order valence-electron chi connectivity index (χ0n) is 10.3. The van der Waals surface area contributed by atoms with Crippen LogP contribution in [-0.4, -0.2) is 20.9 Å². The Morgan fingerprint density at radius 1 is 1.26 bits per heavy atom. The van der Waals surface area contributed by atoms with Crippen LogP contribution in [0, 0.1) is 26.1 Å². The molecule has 1 aromatic rings. The summed E-state index contributed by atoms with van der Waals surface area (Å²) in [6.07, 6.45) is 0.0632. The quantitative estimate of drug-likeness (QED) is 0.645. The lowest BCUT2D eigenvalue weighted by Crippen LogP contribution is -2.10. The summed E-state index contributed by atoms with van der Waals surface area (Å²) in [6, 6.07) is 1.89. The molecule has 0 saturated carbocycles. The summed E-state index contributed by atoms with van der Waals surface area (Å²) in [5.74, 6) is -1.56. The van der Waals surface area contributed by atoms with Gasteiger partial charge in [-0.1, -0.05) is 13.8 Å². The zero-order chi connectivity index (χ0) is 14.7. The van der Waals surface area contributed by atoms with Crippen LogP contribution < -0.4 is 0 Å². The van der Waals surface area contributed by atoms with E-state index in [1.54, 1.807) is 13.8 Å². The lowest BCUT2D eigenvalue weighted by molar-refractivity contribution is -0.395. The van der Waals surface area contributed by atoms with Crippen molar-refractivity contribution < 1.29 is 19.7 Å². The van der Waals surface area contributed by atoms with Crippen LogP contribution in [0.3, 0.4) is 0 Å². The van der Waals surface area contributed by atoms with Crippen molar-refractivity contribution in [1.29, 1.82) is 0 Å². The molecule has 0 aromatic heterocycles. The van der Waals surface area contributed by atoms with Gasteiger partial charge in [-0.25, -0.2) is 4.79 Å². The Morgan fingerprint density at radius 2 is 1.84 bits per heavy atom. The number of carbonyl (C=O) groups is 1. The Balaban J connectivity index is 3.65. The highest BCUT2D eigenvalue weighted by Gasteiger charge is 2.31. The van der Waals surface area contributed by atoms with Crippen molar-refractivity contribution in [1.82, 2.24) is 0 Å². The molecule has 1 N–H and O–H groups in total. The minimum absolute atomic E-state index is 0.0632. The van der Waals surface area contributed by atoms with E-state index in [1.807, 2.05) is 0 Å². The molecule has 0 amide bonds. The van der Waals surface area contributed by atoms with Crippen molar-refractivity contribution in [3.05, 3.63) is 43.5 Å². The SMILES string of the molecule is CC(C)Cc1c([N+](=O)[O-])ccc(C(=O)O)c1[N+](=O)[O-]. The maximum atomic E-state index is 11.0. The summed E-state index contributed by atoms with van der Waals surface area (Å²) in [7, 11) is 0. The van der Waals surface area contributed by atoms with Gasteiger partial charge in [0.1, 0.15) is 11.1 Å². The van der Waals surface area contributed by atoms with Gasteiger partial charge in [-0.15, -0.1) is 0 Å². The Hall–Kier alpha value is -2.51. The van der Waals surface area contributed by atoms with Gasteiger partial charge in [-0.2, -0.15) is 0 Å². The van der Waals surface area contributed by atoms with Crippen LogP contribution in [0.25, 0.3) is 0 Å². The minimum Gasteiger partial charge on any atom is -0.477 e. The van der Waals surface area contributed by atoms with Crippen molar-refractivity contribution in [2.24, 2.45) is 5.92 Å². The summed E-state index contributed by atoms with van der Waals surface area (Å²) < 4.78 is 0. The highest BCUT2D eigenvalue weighted by atomic mass is 16.6. The first-order valence-electron chi connectivity index (χ1n) is 5.43. The third-order valence-corrected chi connectivity index (χ3v) is 2.48. The summed E-state index contributed by atoms with van der Waals surface area (Å²) in [5.41, 5.74) is -1.81. The van der Waals surface area contributed by atoms with Gasteiger partial charge < -0.3 is 5.11 Å². The molecule has 0 aliphatic heterocycles. The second-order valence-corrected chi connectivity index (χ2v) is 4.38. The van der Waals surface area contributed by atoms with E-state index in [9.17, 15) is 25.0 Å². The number of carboxylic acids is 1. The molecule has 0 heterocycles. The van der Waals surface area contributed by atoms with Crippen molar-refractivity contribution in [3.8, 4) is 0 Å². The molecule has 1 rings (SSSR count). The van der Waals surface area contributed by atoms with E-state index in [-0.39, 0.29) is 17.9 Å². The van der Waals surface area contributed by atoms with E-state index in [0.29, 0.717) is 0 Å². The molecule has 8 nitrogen and oxygen atoms in total. The van der Waals surface area contributed by atoms with Gasteiger partial charge in [-0.05, 0) is 18.4 Å². The molecule has 0 radical (unpaired) electrons. The first-order valence-corrected chi connectivity index (χ1v) is 5.43. The zero-order valence-corrected chi connectivity index (χ0v) is 10.3. The average molecular weight is 268 g/mol. The van der Waals surface area contributed by atoms with E-state index in [0.717, 1.165) is 12.1 Å². The van der Waals surface area contributed by atoms with Gasteiger partial charge in [0, 0.05) is 6.07 Å². The molecule has 0 unspecified atom stereocenters. The fraction of sp³-hybridized carbons (Fsp3) is 0.364. The van der Waals surface area contributed by atoms with Crippen molar-refractivity contribution >= 4 is 17.3 Å². The standard InChI is InChI=1S/C11H12N2O6/c1-6(2)5-8-9(12(16)17)4-3-7(11(14)15)10(8)13(18)19/h3-4,6H,5H2,1-2H3,(H,14,15). The van der Waals surface area contributed by atoms with Crippen LogP contribution in [0.1, 0.15) is 29.8 Å². The van der Waals surface area contributed by atoms with E-state index in [2.05, 4.69) is 0 Å². The Labute approximate surface area is 108 Å². The molecule has 0 atom stereocenters. The molecule has 0 spiro atoms. The molecule has 0 bridgehead atoms. The molecule has 1 aromatic carbocycles. The topological polar surface area (TPSA) is 124 Å². The fourth-order valence-corrected chi connectivity index (χ4v) is 1.79. The largest absolute Gasteiger partial charge is 0.477 e. The van der Waals surface area contributed by atoms with Crippen molar-refractivity contribution in [2.75, 3.05) is 0 Å². The number of nitro groups is 2. The molecule has 19 heavy (non-hydrogen) atoms. The smallest absolute Gasteiger partial charge is 0.342 e. The van der Waals surface area contributed by atoms with Crippen molar-refractivity contribution in [3.63, 3.8) is 0 Å². The van der Waals surface area contributed by atoms with Crippen LogP contribution in [0.4, 0.5) is 11.4 Å². The normalized spacial score (nSPS) is 10.5. The molecule has 0 fully saturated rings. The Bertz CT molecular complexity index is 552. The summed E-state index contributed by atoms with van der Waals surface area (Å²) in [4.78, 5) is 31.3. The number of aromatic carboxylic acids is 1. The predicted octanol–water partition coefficient (Wildman–Crippen LogP) is 2.40. The summed E-state index contributed by atoms with van der Waals surface area (Å²) in [5, 5.41) is 30.8. The number of rotatable bonds is 5. The third-order valence-electron chi connectivity index (χ3n) is 2.48. The summed E-state index contributed by atoms with van der Waals surface area (Å²) >= 11 is 0. The molecule has 0 saturated heterocycles. The summed E-state index contributed by atoms with van der Waals surface area (Å²) in [6.45, 7) is 3.47. The average Bonchev–Trinajstić information content (AvgIpc) is 2.26. The number of carboxylic acid groups (broad SMARTS) is 1. The number of hydrogen-bond acceptors (Lipinski definition) is 5. The van der Waals surface area contributed by atoms with Crippen molar-refractivity contribution in [2.45, 2.75) is 20.3 Å². The maximum absolute atomic E-state index is 11.0. The third kappa shape index (κ3) is 3.03. The van der Waals surface area contributed by atoms with E-state index in [4.69, 9.17) is 5.11 Å². The second kappa shape index (κ2) is 5.42. The predicted molar refractivity (Wildman–Crippen MR) is 65.3 cm³/mol. The first kappa shape index (κ1) is 14.6. The van der Waals surface area contributed by atoms with Gasteiger partial charge in [0.15, 0.2) is 0 Å². The number of hydrogen-bond donors (Lipinski definition) is 1. The monoisotopic (exact) mass is 268 g/mol. The van der Waals surface area contributed by atoms with Gasteiger partial charge in [-0.3, -0.25) is 20.2 Å². The van der Waals surface area contributed by atoms with Crippen LogP contribution in [-0.2, 0) is 6.42 Å². The maximum Gasteiger partial charge on any atom is 0.342 e. The van der Waals surface area contributed by atoms with E-state index < -0.39 is 32.8 Å². The highest BCUT2D eigenvalue weighted by Crippen LogP contribution is 2.33. The highest BCUT2D eigenvalue weighted by molar-refractivity contribution is 5.94. The molecule has 0 aliphatic rings. The van der Waals surface area contributed by atoms with Crippen LogP contribution in [0.5, 0.6) is 0 Å². The van der Waals surface area contributed by atoms with Gasteiger partial charge in [0.05, 0.1) is 9.85 Å². The second-order valence-electron chi connectivity index (χ2n) is 4.38. The lowest BCUT2D eigenvalue weighted by atomic mass is 9.96. The molecular weight excluding hydrogens is 256 g/mol. The van der Waals surface area contributed by atoms with Gasteiger partial charge >= 0.3 is 5.97 Å². The van der Waals surface area contributed by atoms with Crippen LogP contribution in [0.2, 0.25) is 0 Å².